The number of rotatable bonds is 2. The van der Waals surface area contributed by atoms with Gasteiger partial charge in [-0.25, -0.2) is 0 Å². The fourth-order valence-electron chi connectivity index (χ4n) is 2.52. The Morgan fingerprint density at radius 3 is 1.93 bits per heavy atom. The molecule has 0 unspecified atom stereocenters. The predicted octanol–water partition coefficient (Wildman–Crippen LogP) is 4.59. The molecule has 0 N–H and O–H groups in total. The van der Waals surface area contributed by atoms with E-state index >= 15 is 0 Å². The molecule has 1 aliphatic rings. The molecule has 0 radical (unpaired) electrons. The van der Waals surface area contributed by atoms with Crippen molar-refractivity contribution in [3.8, 4) is 0 Å². The van der Waals surface area contributed by atoms with Crippen molar-refractivity contribution < 1.29 is 0 Å². The summed E-state index contributed by atoms with van der Waals surface area (Å²) >= 11 is 0. The summed E-state index contributed by atoms with van der Waals surface area (Å²) in [4.78, 5) is 0. The maximum atomic E-state index is 3.91. The number of hydrogen-bond acceptors (Lipinski definition) is 0. The third-order valence-corrected chi connectivity index (χ3v) is 3.20. The Labute approximate surface area is 93.4 Å². The summed E-state index contributed by atoms with van der Waals surface area (Å²) in [5, 5.41) is 0. The van der Waals surface area contributed by atoms with Gasteiger partial charge < -0.3 is 0 Å². The Morgan fingerprint density at radius 1 is 1.00 bits per heavy atom. The highest BCUT2D eigenvalue weighted by Crippen LogP contribution is 2.50. The molecule has 0 amide bonds. The molecule has 1 aliphatic carbocycles. The summed E-state index contributed by atoms with van der Waals surface area (Å²) in [7, 11) is 0. The zero-order valence-electron chi connectivity index (χ0n) is 10.2. The van der Waals surface area contributed by atoms with Crippen LogP contribution in [0.25, 0.3) is 0 Å². The molecule has 0 aliphatic heterocycles. The van der Waals surface area contributed by atoms with Crippen molar-refractivity contribution >= 4 is 0 Å². The lowest BCUT2D eigenvalue weighted by molar-refractivity contribution is 0.578. The van der Waals surface area contributed by atoms with Crippen molar-refractivity contribution in [2.24, 2.45) is 5.41 Å². The van der Waals surface area contributed by atoms with E-state index in [1.54, 1.807) is 0 Å². The Balaban J connectivity index is 3.55. The maximum Gasteiger partial charge on any atom is 0.0155 e. The van der Waals surface area contributed by atoms with Crippen LogP contribution in [0.5, 0.6) is 0 Å². The fraction of sp³-hybridized carbons (Fsp3) is 0.333. The van der Waals surface area contributed by atoms with Gasteiger partial charge in [0.25, 0.3) is 0 Å². The van der Waals surface area contributed by atoms with Crippen molar-refractivity contribution in [2.45, 2.75) is 27.7 Å². The van der Waals surface area contributed by atoms with Gasteiger partial charge in [0.2, 0.25) is 0 Å². The van der Waals surface area contributed by atoms with E-state index < -0.39 is 0 Å². The van der Waals surface area contributed by atoms with E-state index in [-0.39, 0.29) is 5.41 Å². The van der Waals surface area contributed by atoms with Crippen LogP contribution in [0.1, 0.15) is 27.7 Å². The van der Waals surface area contributed by atoms with Gasteiger partial charge in [-0.1, -0.05) is 51.3 Å². The van der Waals surface area contributed by atoms with E-state index in [1.807, 2.05) is 12.2 Å². The second-order valence-corrected chi connectivity index (χ2v) is 4.27. The van der Waals surface area contributed by atoms with Gasteiger partial charge in [0.05, 0.1) is 0 Å². The topological polar surface area (TPSA) is 0 Å². The quantitative estimate of drug-likeness (QED) is 0.611. The fourth-order valence-corrected chi connectivity index (χ4v) is 2.52. The first-order chi connectivity index (χ1) is 7.04. The highest BCUT2D eigenvalue weighted by molar-refractivity contribution is 5.67. The SMILES string of the molecule is C=CC1=C(C=C)C(C)(C)C(=C/C)/C1=C\C. The molecule has 80 valence electrons. The lowest BCUT2D eigenvalue weighted by Gasteiger charge is -2.23. The van der Waals surface area contributed by atoms with Crippen LogP contribution in [0.3, 0.4) is 0 Å². The standard InChI is InChI=1S/C15H20/c1-7-11-12(8-2)14(10-4)15(5,6)13(11)9-3/h7-10H,1,3H2,2,4-6H3/b12-8-,14-10+. The van der Waals surface area contributed by atoms with Crippen LogP contribution in [0.4, 0.5) is 0 Å². The van der Waals surface area contributed by atoms with Crippen LogP contribution < -0.4 is 0 Å². The zero-order valence-corrected chi connectivity index (χ0v) is 10.2. The van der Waals surface area contributed by atoms with Gasteiger partial charge in [0, 0.05) is 5.41 Å². The normalized spacial score (nSPS) is 25.1. The molecule has 0 fully saturated rings. The van der Waals surface area contributed by atoms with E-state index in [2.05, 4.69) is 53.0 Å². The second kappa shape index (κ2) is 4.06. The molecule has 0 aromatic rings. The average Bonchev–Trinajstić information content (AvgIpc) is 2.43. The Kier molecular flexibility index (Phi) is 3.18. The molecule has 0 atom stereocenters. The van der Waals surface area contributed by atoms with Gasteiger partial charge >= 0.3 is 0 Å². The molecule has 0 saturated heterocycles. The van der Waals surface area contributed by atoms with Crippen LogP contribution in [0.2, 0.25) is 0 Å². The van der Waals surface area contributed by atoms with Crippen LogP contribution in [-0.2, 0) is 0 Å². The van der Waals surface area contributed by atoms with Crippen molar-refractivity contribution in [1.29, 1.82) is 0 Å². The van der Waals surface area contributed by atoms with Gasteiger partial charge in [-0.15, -0.1) is 0 Å². The number of hydrogen-bond donors (Lipinski definition) is 0. The summed E-state index contributed by atoms with van der Waals surface area (Å²) < 4.78 is 0. The minimum atomic E-state index is 0.0574. The molecular formula is C15H20. The zero-order chi connectivity index (χ0) is 11.6. The van der Waals surface area contributed by atoms with Gasteiger partial charge in [0.15, 0.2) is 0 Å². The smallest absolute Gasteiger partial charge is 0.0155 e. The maximum absolute atomic E-state index is 3.91. The van der Waals surface area contributed by atoms with E-state index in [1.165, 1.54) is 22.3 Å². The van der Waals surface area contributed by atoms with Crippen LogP contribution in [0.15, 0.2) is 59.8 Å². The summed E-state index contributed by atoms with van der Waals surface area (Å²) in [5.41, 5.74) is 5.23. The van der Waals surface area contributed by atoms with E-state index in [0.717, 1.165) is 0 Å². The first kappa shape index (κ1) is 11.8. The first-order valence-corrected chi connectivity index (χ1v) is 5.38. The third kappa shape index (κ3) is 1.54. The van der Waals surface area contributed by atoms with Gasteiger partial charge in [-0.3, -0.25) is 0 Å². The second-order valence-electron chi connectivity index (χ2n) is 4.27. The lowest BCUT2D eigenvalue weighted by Crippen LogP contribution is -2.12. The average molecular weight is 200 g/mol. The molecule has 0 bridgehead atoms. The van der Waals surface area contributed by atoms with E-state index in [4.69, 9.17) is 0 Å². The molecule has 0 heterocycles. The van der Waals surface area contributed by atoms with Crippen molar-refractivity contribution in [1.82, 2.24) is 0 Å². The molecule has 0 nitrogen and oxygen atoms in total. The van der Waals surface area contributed by atoms with Gasteiger partial charge in [-0.2, -0.15) is 0 Å². The predicted molar refractivity (Wildman–Crippen MR) is 68.7 cm³/mol. The largest absolute Gasteiger partial charge is 0.0987 e. The summed E-state index contributed by atoms with van der Waals surface area (Å²) in [6.45, 7) is 16.4. The van der Waals surface area contributed by atoms with Crippen LogP contribution >= 0.6 is 0 Å². The van der Waals surface area contributed by atoms with Crippen LogP contribution in [-0.4, -0.2) is 0 Å². The summed E-state index contributed by atoms with van der Waals surface area (Å²) in [5.74, 6) is 0. The molecule has 0 saturated carbocycles. The molecule has 0 aromatic carbocycles. The summed E-state index contributed by atoms with van der Waals surface area (Å²) in [6.07, 6.45) is 8.24. The van der Waals surface area contributed by atoms with E-state index in [0.29, 0.717) is 0 Å². The minimum absolute atomic E-state index is 0.0574. The van der Waals surface area contributed by atoms with Crippen LogP contribution in [0, 0.1) is 5.41 Å². The lowest BCUT2D eigenvalue weighted by atomic mass is 9.80. The Morgan fingerprint density at radius 2 is 1.60 bits per heavy atom. The Hall–Kier alpha value is -1.30. The van der Waals surface area contributed by atoms with Gasteiger partial charge in [-0.05, 0) is 36.1 Å². The molecule has 15 heavy (non-hydrogen) atoms. The highest BCUT2D eigenvalue weighted by atomic mass is 14.4. The first-order valence-electron chi connectivity index (χ1n) is 5.38. The van der Waals surface area contributed by atoms with E-state index in [9.17, 15) is 0 Å². The molecule has 0 aromatic heterocycles. The monoisotopic (exact) mass is 200 g/mol. The van der Waals surface area contributed by atoms with Crippen molar-refractivity contribution in [3.05, 3.63) is 59.8 Å². The van der Waals surface area contributed by atoms with Gasteiger partial charge in [0.1, 0.15) is 0 Å². The number of allylic oxidation sites excluding steroid dienone is 8. The molecule has 1 rings (SSSR count). The highest BCUT2D eigenvalue weighted by Gasteiger charge is 2.36. The minimum Gasteiger partial charge on any atom is -0.0987 e. The van der Waals surface area contributed by atoms with Crippen molar-refractivity contribution in [3.63, 3.8) is 0 Å². The molecule has 0 heteroatoms. The third-order valence-electron chi connectivity index (χ3n) is 3.20. The molecule has 0 spiro atoms. The summed E-state index contributed by atoms with van der Waals surface area (Å²) in [6, 6.07) is 0. The molecular weight excluding hydrogens is 180 g/mol. The van der Waals surface area contributed by atoms with Crippen molar-refractivity contribution in [2.75, 3.05) is 0 Å². The Bertz CT molecular complexity index is 384.